The molecule has 2 rings (SSSR count). The van der Waals surface area contributed by atoms with Crippen molar-refractivity contribution in [3.8, 4) is 0 Å². The molecular formula is C11H15N3. The molecule has 0 atom stereocenters. The van der Waals surface area contributed by atoms with E-state index in [2.05, 4.69) is 55.4 Å². The van der Waals surface area contributed by atoms with Crippen LogP contribution >= 0.6 is 0 Å². The van der Waals surface area contributed by atoms with Gasteiger partial charge >= 0.3 is 0 Å². The van der Waals surface area contributed by atoms with Crippen LogP contribution in [0.25, 0.3) is 12.2 Å². The molecule has 0 N–H and O–H groups in total. The fraction of sp³-hybridized carbons (Fsp3) is 0.455. The molecule has 1 aliphatic rings. The third-order valence-electron chi connectivity index (χ3n) is 2.39. The van der Waals surface area contributed by atoms with Crippen LogP contribution < -0.4 is 10.7 Å². The molecular weight excluding hydrogens is 174 g/mol. The second kappa shape index (κ2) is 3.08. The summed E-state index contributed by atoms with van der Waals surface area (Å²) in [7, 11) is 0. The zero-order valence-corrected chi connectivity index (χ0v) is 8.86. The van der Waals surface area contributed by atoms with Crippen molar-refractivity contribution in [3.05, 3.63) is 22.9 Å². The van der Waals surface area contributed by atoms with Crippen LogP contribution in [0.15, 0.2) is 12.2 Å². The molecule has 0 spiro atoms. The van der Waals surface area contributed by atoms with Gasteiger partial charge in [-0.1, -0.05) is 31.2 Å². The average molecular weight is 189 g/mol. The van der Waals surface area contributed by atoms with Crippen molar-refractivity contribution in [3.63, 3.8) is 0 Å². The van der Waals surface area contributed by atoms with Gasteiger partial charge in [0.25, 0.3) is 0 Å². The largest absolute Gasteiger partial charge is 0.245 e. The summed E-state index contributed by atoms with van der Waals surface area (Å²) in [4.78, 5) is 0. The van der Waals surface area contributed by atoms with Crippen LogP contribution in [0, 0.1) is 5.41 Å². The highest BCUT2D eigenvalue weighted by molar-refractivity contribution is 5.45. The standard InChI is InChI=1S/C11H15N3/c1-4-14-10-6-5-7-11(2,3)8-9(10)12-13-14/h5-8H,4H2,1-3H3. The summed E-state index contributed by atoms with van der Waals surface area (Å²) in [6.45, 7) is 7.26. The van der Waals surface area contributed by atoms with Crippen molar-refractivity contribution in [1.82, 2.24) is 15.0 Å². The van der Waals surface area contributed by atoms with Crippen molar-refractivity contribution >= 4 is 12.2 Å². The van der Waals surface area contributed by atoms with Crippen LogP contribution in [-0.2, 0) is 6.54 Å². The molecule has 1 aromatic rings. The van der Waals surface area contributed by atoms with E-state index in [0.717, 1.165) is 17.2 Å². The number of aryl methyl sites for hydroxylation is 1. The summed E-state index contributed by atoms with van der Waals surface area (Å²) in [5.41, 5.74) is 0.0658. The minimum absolute atomic E-state index is 0.0658. The van der Waals surface area contributed by atoms with Crippen molar-refractivity contribution in [2.75, 3.05) is 0 Å². The van der Waals surface area contributed by atoms with Crippen molar-refractivity contribution < 1.29 is 0 Å². The normalized spacial score (nSPS) is 17.9. The van der Waals surface area contributed by atoms with E-state index in [-0.39, 0.29) is 5.41 Å². The van der Waals surface area contributed by atoms with Gasteiger partial charge in [0.15, 0.2) is 0 Å². The lowest BCUT2D eigenvalue weighted by Gasteiger charge is -2.11. The Bertz CT molecular complexity index is 477. The fourth-order valence-electron chi connectivity index (χ4n) is 1.63. The number of hydrogen-bond acceptors (Lipinski definition) is 2. The maximum Gasteiger partial charge on any atom is 0.110 e. The molecule has 74 valence electrons. The molecule has 3 heteroatoms. The number of aromatic nitrogens is 3. The van der Waals surface area contributed by atoms with E-state index in [1.165, 1.54) is 0 Å². The summed E-state index contributed by atoms with van der Waals surface area (Å²) in [5, 5.41) is 10.4. The number of nitrogens with zero attached hydrogens (tertiary/aromatic N) is 3. The highest BCUT2D eigenvalue weighted by Crippen LogP contribution is 2.18. The van der Waals surface area contributed by atoms with Gasteiger partial charge in [-0.05, 0) is 19.1 Å². The van der Waals surface area contributed by atoms with E-state index < -0.39 is 0 Å². The maximum atomic E-state index is 4.17. The molecule has 14 heavy (non-hydrogen) atoms. The molecule has 0 amide bonds. The summed E-state index contributed by atoms with van der Waals surface area (Å²) < 4.78 is 1.91. The van der Waals surface area contributed by atoms with Gasteiger partial charge in [0.1, 0.15) is 5.35 Å². The molecule has 0 aliphatic heterocycles. The van der Waals surface area contributed by atoms with Crippen molar-refractivity contribution in [1.29, 1.82) is 0 Å². The van der Waals surface area contributed by atoms with E-state index in [0.29, 0.717) is 0 Å². The van der Waals surface area contributed by atoms with Crippen molar-refractivity contribution in [2.24, 2.45) is 5.41 Å². The SMILES string of the molecule is CCn1nnc2c1=CC=CC(C)(C)C=2. The molecule has 1 aromatic heterocycles. The Balaban J connectivity index is 2.72. The lowest BCUT2D eigenvalue weighted by molar-refractivity contribution is 0.612. The molecule has 0 radical (unpaired) electrons. The number of hydrogen-bond donors (Lipinski definition) is 0. The van der Waals surface area contributed by atoms with E-state index in [4.69, 9.17) is 0 Å². The lowest BCUT2D eigenvalue weighted by atomic mass is 9.93. The predicted octanol–water partition coefficient (Wildman–Crippen LogP) is 0.455. The second-order valence-corrected chi connectivity index (χ2v) is 4.17. The topological polar surface area (TPSA) is 30.7 Å². The minimum atomic E-state index is 0.0658. The Morgan fingerprint density at radius 2 is 2.21 bits per heavy atom. The van der Waals surface area contributed by atoms with E-state index >= 15 is 0 Å². The Morgan fingerprint density at radius 3 is 2.93 bits per heavy atom. The highest BCUT2D eigenvalue weighted by atomic mass is 15.4. The lowest BCUT2D eigenvalue weighted by Crippen LogP contribution is -2.30. The molecule has 0 fully saturated rings. The van der Waals surface area contributed by atoms with Crippen LogP contribution in [0.4, 0.5) is 0 Å². The monoisotopic (exact) mass is 189 g/mol. The highest BCUT2D eigenvalue weighted by Gasteiger charge is 2.12. The molecule has 0 aromatic carbocycles. The molecule has 1 heterocycles. The van der Waals surface area contributed by atoms with Gasteiger partial charge in [-0.3, -0.25) is 0 Å². The fourth-order valence-corrected chi connectivity index (χ4v) is 1.63. The molecule has 0 unspecified atom stereocenters. The molecule has 0 bridgehead atoms. The summed E-state index contributed by atoms with van der Waals surface area (Å²) in [6.07, 6.45) is 8.48. The predicted molar refractivity (Wildman–Crippen MR) is 56.8 cm³/mol. The van der Waals surface area contributed by atoms with Crippen LogP contribution in [-0.4, -0.2) is 15.0 Å². The summed E-state index contributed by atoms with van der Waals surface area (Å²) in [5.74, 6) is 0. The third-order valence-corrected chi connectivity index (χ3v) is 2.39. The van der Waals surface area contributed by atoms with Crippen LogP contribution in [0.3, 0.4) is 0 Å². The number of allylic oxidation sites excluding steroid dienone is 2. The van der Waals surface area contributed by atoms with Crippen LogP contribution in [0.1, 0.15) is 20.8 Å². The van der Waals surface area contributed by atoms with Gasteiger partial charge in [-0.25, -0.2) is 4.68 Å². The van der Waals surface area contributed by atoms with Gasteiger partial charge in [0.05, 0.1) is 5.35 Å². The zero-order chi connectivity index (χ0) is 10.2. The average Bonchev–Trinajstić information content (AvgIpc) is 2.40. The van der Waals surface area contributed by atoms with Gasteiger partial charge in [0, 0.05) is 12.0 Å². The third kappa shape index (κ3) is 1.50. The Hall–Kier alpha value is -1.38. The first-order valence-electron chi connectivity index (χ1n) is 4.94. The van der Waals surface area contributed by atoms with Gasteiger partial charge in [-0.2, -0.15) is 0 Å². The smallest absolute Gasteiger partial charge is 0.110 e. The zero-order valence-electron chi connectivity index (χ0n) is 8.86. The van der Waals surface area contributed by atoms with E-state index in [9.17, 15) is 0 Å². The number of fused-ring (bicyclic) bond motifs is 1. The Labute approximate surface area is 83.4 Å². The molecule has 0 saturated heterocycles. The van der Waals surface area contributed by atoms with Crippen LogP contribution in [0.5, 0.6) is 0 Å². The quantitative estimate of drug-likeness (QED) is 0.642. The minimum Gasteiger partial charge on any atom is -0.245 e. The first kappa shape index (κ1) is 9.19. The molecule has 3 nitrogen and oxygen atoms in total. The molecule has 1 aliphatic carbocycles. The molecule has 0 saturated carbocycles. The Morgan fingerprint density at radius 1 is 1.43 bits per heavy atom. The first-order chi connectivity index (χ1) is 6.62. The second-order valence-electron chi connectivity index (χ2n) is 4.17. The first-order valence-corrected chi connectivity index (χ1v) is 4.94. The van der Waals surface area contributed by atoms with Crippen molar-refractivity contribution in [2.45, 2.75) is 27.3 Å². The van der Waals surface area contributed by atoms with E-state index in [1.54, 1.807) is 0 Å². The van der Waals surface area contributed by atoms with Crippen LogP contribution in [0.2, 0.25) is 0 Å². The number of rotatable bonds is 1. The summed E-state index contributed by atoms with van der Waals surface area (Å²) >= 11 is 0. The summed E-state index contributed by atoms with van der Waals surface area (Å²) in [6, 6.07) is 0. The van der Waals surface area contributed by atoms with E-state index in [1.807, 2.05) is 4.68 Å². The maximum absolute atomic E-state index is 4.17. The van der Waals surface area contributed by atoms with Gasteiger partial charge < -0.3 is 0 Å². The Kier molecular flexibility index (Phi) is 2.02. The van der Waals surface area contributed by atoms with Gasteiger partial charge in [-0.15, -0.1) is 5.10 Å². The van der Waals surface area contributed by atoms with Gasteiger partial charge in [0.2, 0.25) is 0 Å².